The van der Waals surface area contributed by atoms with Crippen LogP contribution in [0, 0.1) is 6.92 Å². The number of aryl methyl sites for hydroxylation is 1. The average Bonchev–Trinajstić information content (AvgIpc) is 2.72. The van der Waals surface area contributed by atoms with Crippen LogP contribution in [0.4, 0.5) is 0 Å². The van der Waals surface area contributed by atoms with Gasteiger partial charge in [0.15, 0.2) is 0 Å². The Hall–Kier alpha value is -1.81. The van der Waals surface area contributed by atoms with Crippen LogP contribution in [0.3, 0.4) is 0 Å². The van der Waals surface area contributed by atoms with E-state index in [1.165, 1.54) is 5.56 Å². The lowest BCUT2D eigenvalue weighted by Gasteiger charge is -2.02. The van der Waals surface area contributed by atoms with Crippen LogP contribution in [0.1, 0.15) is 5.56 Å². The third-order valence-corrected chi connectivity index (χ3v) is 3.06. The molecule has 0 unspecified atom stereocenters. The van der Waals surface area contributed by atoms with Gasteiger partial charge in [0.2, 0.25) is 0 Å². The summed E-state index contributed by atoms with van der Waals surface area (Å²) in [4.78, 5) is 12.8. The van der Waals surface area contributed by atoms with Gasteiger partial charge < -0.3 is 4.98 Å². The molecule has 3 nitrogen and oxygen atoms in total. The van der Waals surface area contributed by atoms with Crippen LogP contribution < -0.4 is 0 Å². The Labute approximate surface area is 104 Å². The molecule has 2 heterocycles. The first-order valence-corrected chi connectivity index (χ1v) is 5.78. The van der Waals surface area contributed by atoms with Gasteiger partial charge in [0.1, 0.15) is 11.3 Å². The summed E-state index contributed by atoms with van der Waals surface area (Å²) in [5, 5.41) is 0. The molecular weight excluding hydrogens is 230 g/mol. The van der Waals surface area contributed by atoms with Gasteiger partial charge in [-0.1, -0.05) is 6.07 Å². The fourth-order valence-corrected chi connectivity index (χ4v) is 2.21. The summed E-state index contributed by atoms with van der Waals surface area (Å²) in [6, 6.07) is 8.03. The Bertz CT molecular complexity index is 655. The van der Waals surface area contributed by atoms with Gasteiger partial charge in [0.05, 0.1) is 11.7 Å². The van der Waals surface area contributed by atoms with E-state index in [1.807, 2.05) is 25.1 Å². The first-order valence-electron chi connectivity index (χ1n) is 5.34. The average molecular weight is 241 g/mol. The molecule has 3 aromatic rings. The number of aromatic nitrogens is 3. The van der Waals surface area contributed by atoms with Crippen LogP contribution in [0.2, 0.25) is 0 Å². The molecule has 0 spiro atoms. The number of fused-ring (bicyclic) bond motifs is 1. The maximum absolute atomic E-state index is 4.51. The predicted molar refractivity (Wildman–Crippen MR) is 71.3 cm³/mol. The third-order valence-electron chi connectivity index (χ3n) is 2.69. The topological polar surface area (TPSA) is 41.6 Å². The zero-order chi connectivity index (χ0) is 11.8. The van der Waals surface area contributed by atoms with Gasteiger partial charge in [0.25, 0.3) is 0 Å². The molecule has 0 aliphatic rings. The minimum atomic E-state index is 0.831. The Balaban J connectivity index is 2.20. The lowest BCUT2D eigenvalue weighted by atomic mass is 10.1. The highest BCUT2D eigenvalue weighted by atomic mass is 32.1. The van der Waals surface area contributed by atoms with Crippen molar-refractivity contribution in [3.05, 3.63) is 42.2 Å². The second-order valence-electron chi connectivity index (χ2n) is 4.00. The minimum Gasteiger partial charge on any atom is -0.338 e. The summed E-state index contributed by atoms with van der Waals surface area (Å²) in [7, 11) is 0. The lowest BCUT2D eigenvalue weighted by molar-refractivity contribution is 1.27. The van der Waals surface area contributed by atoms with E-state index in [0.29, 0.717) is 0 Å². The molecule has 0 radical (unpaired) electrons. The molecule has 0 fully saturated rings. The van der Waals surface area contributed by atoms with Crippen LogP contribution in [0.5, 0.6) is 0 Å². The number of nitrogens with zero attached hydrogens (tertiary/aromatic N) is 2. The first kappa shape index (κ1) is 10.4. The summed E-state index contributed by atoms with van der Waals surface area (Å²) >= 11 is 4.49. The zero-order valence-electron chi connectivity index (χ0n) is 9.31. The van der Waals surface area contributed by atoms with Gasteiger partial charge in [0, 0.05) is 16.7 Å². The van der Waals surface area contributed by atoms with Crippen molar-refractivity contribution in [3.63, 3.8) is 0 Å². The molecule has 84 valence electrons. The van der Waals surface area contributed by atoms with Crippen molar-refractivity contribution in [3.8, 4) is 11.4 Å². The van der Waals surface area contributed by atoms with Crippen LogP contribution in [-0.2, 0) is 0 Å². The third kappa shape index (κ3) is 1.80. The molecule has 17 heavy (non-hydrogen) atoms. The molecule has 1 N–H and O–H groups in total. The van der Waals surface area contributed by atoms with Crippen molar-refractivity contribution in [2.45, 2.75) is 11.8 Å². The van der Waals surface area contributed by atoms with Gasteiger partial charge >= 0.3 is 0 Å². The SMILES string of the molecule is Cc1ccc(-c2nc3cnccc3[nH]2)c(S)c1. The van der Waals surface area contributed by atoms with Gasteiger partial charge in [-0.05, 0) is 30.7 Å². The van der Waals surface area contributed by atoms with E-state index in [4.69, 9.17) is 0 Å². The molecule has 0 saturated heterocycles. The number of thiol groups is 1. The highest BCUT2D eigenvalue weighted by Crippen LogP contribution is 2.26. The van der Waals surface area contributed by atoms with Gasteiger partial charge in [-0.3, -0.25) is 4.98 Å². The Morgan fingerprint density at radius 1 is 1.24 bits per heavy atom. The number of benzene rings is 1. The van der Waals surface area contributed by atoms with E-state index in [-0.39, 0.29) is 0 Å². The Kier molecular flexibility index (Phi) is 2.37. The molecule has 0 aliphatic heterocycles. The van der Waals surface area contributed by atoms with E-state index in [1.54, 1.807) is 12.4 Å². The van der Waals surface area contributed by atoms with Crippen LogP contribution >= 0.6 is 12.6 Å². The van der Waals surface area contributed by atoms with Gasteiger partial charge in [-0.15, -0.1) is 12.6 Å². The van der Waals surface area contributed by atoms with E-state index in [0.717, 1.165) is 27.3 Å². The molecule has 0 bridgehead atoms. The molecule has 4 heteroatoms. The van der Waals surface area contributed by atoms with Gasteiger partial charge in [-0.25, -0.2) is 4.98 Å². The lowest BCUT2D eigenvalue weighted by Crippen LogP contribution is -1.83. The monoisotopic (exact) mass is 241 g/mol. The fourth-order valence-electron chi connectivity index (χ4n) is 1.83. The van der Waals surface area contributed by atoms with E-state index < -0.39 is 0 Å². The molecule has 0 atom stereocenters. The Morgan fingerprint density at radius 2 is 2.12 bits per heavy atom. The zero-order valence-corrected chi connectivity index (χ0v) is 10.2. The minimum absolute atomic E-state index is 0.831. The number of aromatic amines is 1. The number of nitrogens with one attached hydrogen (secondary N) is 1. The maximum atomic E-state index is 4.51. The van der Waals surface area contributed by atoms with Crippen LogP contribution in [0.15, 0.2) is 41.6 Å². The molecule has 2 aromatic heterocycles. The number of hydrogen-bond acceptors (Lipinski definition) is 3. The molecule has 0 saturated carbocycles. The summed E-state index contributed by atoms with van der Waals surface area (Å²) in [6.07, 6.45) is 3.50. The predicted octanol–water partition coefficient (Wildman–Crippen LogP) is 3.22. The number of pyridine rings is 1. The number of H-pyrrole nitrogens is 1. The molecule has 0 amide bonds. The van der Waals surface area contributed by atoms with Crippen LogP contribution in [0.25, 0.3) is 22.4 Å². The van der Waals surface area contributed by atoms with E-state index in [2.05, 4.69) is 33.6 Å². The smallest absolute Gasteiger partial charge is 0.139 e. The van der Waals surface area contributed by atoms with Crippen molar-refractivity contribution in [2.24, 2.45) is 0 Å². The maximum Gasteiger partial charge on any atom is 0.139 e. The van der Waals surface area contributed by atoms with Gasteiger partial charge in [-0.2, -0.15) is 0 Å². The summed E-state index contributed by atoms with van der Waals surface area (Å²) in [5.41, 5.74) is 4.06. The van der Waals surface area contributed by atoms with Crippen molar-refractivity contribution in [1.82, 2.24) is 15.0 Å². The highest BCUT2D eigenvalue weighted by Gasteiger charge is 2.07. The summed E-state index contributed by atoms with van der Waals surface area (Å²) in [5.74, 6) is 0.831. The largest absolute Gasteiger partial charge is 0.338 e. The number of rotatable bonds is 1. The summed E-state index contributed by atoms with van der Waals surface area (Å²) in [6.45, 7) is 2.05. The highest BCUT2D eigenvalue weighted by molar-refractivity contribution is 7.80. The van der Waals surface area contributed by atoms with Crippen molar-refractivity contribution >= 4 is 23.7 Å². The first-order chi connectivity index (χ1) is 8.24. The molecular formula is C13H11N3S. The fraction of sp³-hybridized carbons (Fsp3) is 0.0769. The summed E-state index contributed by atoms with van der Waals surface area (Å²) < 4.78 is 0. The quantitative estimate of drug-likeness (QED) is 0.642. The number of hydrogen-bond donors (Lipinski definition) is 2. The number of imidazole rings is 1. The Morgan fingerprint density at radius 3 is 2.88 bits per heavy atom. The van der Waals surface area contributed by atoms with Crippen molar-refractivity contribution in [2.75, 3.05) is 0 Å². The molecule has 1 aromatic carbocycles. The standard InChI is InChI=1S/C13H11N3S/c1-8-2-3-9(12(17)6-8)13-15-10-4-5-14-7-11(10)16-13/h2-7,17H,1H3,(H,15,16). The second-order valence-corrected chi connectivity index (χ2v) is 4.48. The van der Waals surface area contributed by atoms with Crippen molar-refractivity contribution < 1.29 is 0 Å². The van der Waals surface area contributed by atoms with E-state index >= 15 is 0 Å². The molecule has 0 aliphatic carbocycles. The van der Waals surface area contributed by atoms with Crippen LogP contribution in [-0.4, -0.2) is 15.0 Å². The van der Waals surface area contributed by atoms with Crippen molar-refractivity contribution in [1.29, 1.82) is 0 Å². The van der Waals surface area contributed by atoms with E-state index in [9.17, 15) is 0 Å². The second kappa shape index (κ2) is 3.89. The molecule has 3 rings (SSSR count). The normalized spacial score (nSPS) is 10.9.